The Morgan fingerprint density at radius 2 is 2.00 bits per heavy atom. The van der Waals surface area contributed by atoms with Gasteiger partial charge in [-0.1, -0.05) is 41.1 Å². The van der Waals surface area contributed by atoms with Crippen LogP contribution in [0.2, 0.25) is 5.02 Å². The highest BCUT2D eigenvalue weighted by Crippen LogP contribution is 2.37. The molecular weight excluding hydrogens is 600 g/mol. The van der Waals surface area contributed by atoms with E-state index in [9.17, 15) is 19.5 Å². The van der Waals surface area contributed by atoms with Crippen molar-refractivity contribution in [2.24, 2.45) is 4.99 Å². The molecule has 42 heavy (non-hydrogen) atoms. The molecule has 2 aromatic carbocycles. The van der Waals surface area contributed by atoms with Crippen LogP contribution >= 0.6 is 34.3 Å². The number of thiophene rings is 1. The van der Waals surface area contributed by atoms with Crippen molar-refractivity contribution in [3.8, 4) is 11.5 Å². The van der Waals surface area contributed by atoms with Crippen molar-refractivity contribution in [2.75, 3.05) is 13.7 Å². The summed E-state index contributed by atoms with van der Waals surface area (Å²) in [5.74, 6) is -0.914. The van der Waals surface area contributed by atoms with Crippen LogP contribution in [-0.4, -0.2) is 35.3 Å². The minimum atomic E-state index is -1.03. The Labute approximate surface area is 253 Å². The average molecular weight is 625 g/mol. The molecule has 5 rings (SSSR count). The van der Waals surface area contributed by atoms with Gasteiger partial charge in [-0.3, -0.25) is 9.36 Å². The van der Waals surface area contributed by atoms with Gasteiger partial charge in [0.15, 0.2) is 16.3 Å². The smallest absolute Gasteiger partial charge is 0.338 e. The summed E-state index contributed by atoms with van der Waals surface area (Å²) < 4.78 is 18.7. The first kappa shape index (κ1) is 29.3. The standard InChI is InChI=1S/C30H25ClN2O7S2/c1-4-39-29(37)24-16(2)32-30-33(25(24)22-9-6-10-41-22)27(34)23(42-30)14-18-12-20(31)26(21(13-18)38-3)40-15-17-7-5-8-19(11-17)28(35)36/h5-14,25H,4,15H2,1-3H3,(H,35,36)/b23-14+/t25-/m1/s1. The second kappa shape index (κ2) is 12.4. The SMILES string of the molecule is CCOC(=O)C1=C(C)N=c2s/c(=C/c3cc(Cl)c(OCc4cccc(C(=O)O)c4)c(OC)c3)c(=O)n2[C@@H]1c1cccs1. The zero-order valence-corrected chi connectivity index (χ0v) is 25.1. The number of benzene rings is 2. The summed E-state index contributed by atoms with van der Waals surface area (Å²) in [4.78, 5) is 43.9. The number of methoxy groups -OCH3 is 1. The second-order valence-corrected chi connectivity index (χ2v) is 11.5. The Kier molecular flexibility index (Phi) is 8.62. The molecule has 1 aliphatic rings. The van der Waals surface area contributed by atoms with Crippen LogP contribution in [0.15, 0.2) is 75.0 Å². The number of nitrogens with zero attached hydrogens (tertiary/aromatic N) is 2. The van der Waals surface area contributed by atoms with Crippen molar-refractivity contribution in [1.29, 1.82) is 0 Å². The number of halogens is 1. The summed E-state index contributed by atoms with van der Waals surface area (Å²) in [5, 5.41) is 11.4. The molecule has 9 nitrogen and oxygen atoms in total. The zero-order chi connectivity index (χ0) is 30.0. The maximum Gasteiger partial charge on any atom is 0.338 e. The van der Waals surface area contributed by atoms with Crippen molar-refractivity contribution in [3.05, 3.63) is 111 Å². The van der Waals surface area contributed by atoms with E-state index in [-0.39, 0.29) is 35.1 Å². The molecule has 3 heterocycles. The molecule has 4 aromatic rings. The molecule has 1 aliphatic heterocycles. The Morgan fingerprint density at radius 3 is 2.69 bits per heavy atom. The van der Waals surface area contributed by atoms with Crippen LogP contribution in [0.1, 0.15) is 46.3 Å². The van der Waals surface area contributed by atoms with Gasteiger partial charge in [-0.2, -0.15) is 0 Å². The van der Waals surface area contributed by atoms with E-state index in [4.69, 9.17) is 25.8 Å². The summed E-state index contributed by atoms with van der Waals surface area (Å²) in [6, 6.07) is 12.8. The van der Waals surface area contributed by atoms with Crippen molar-refractivity contribution < 1.29 is 28.9 Å². The number of esters is 1. The molecule has 0 saturated carbocycles. The molecule has 0 spiro atoms. The van der Waals surface area contributed by atoms with Crippen molar-refractivity contribution >= 4 is 52.3 Å². The molecule has 12 heteroatoms. The first-order chi connectivity index (χ1) is 20.2. The van der Waals surface area contributed by atoms with E-state index in [0.717, 1.165) is 4.88 Å². The lowest BCUT2D eigenvalue weighted by molar-refractivity contribution is -0.139. The molecule has 1 N–H and O–H groups in total. The second-order valence-electron chi connectivity index (χ2n) is 9.15. The topological polar surface area (TPSA) is 116 Å². The third-order valence-corrected chi connectivity index (χ3v) is 8.62. The van der Waals surface area contributed by atoms with Gasteiger partial charge in [0.25, 0.3) is 5.56 Å². The number of fused-ring (bicyclic) bond motifs is 1. The fourth-order valence-corrected chi connectivity index (χ4v) is 6.72. The van der Waals surface area contributed by atoms with E-state index in [0.29, 0.717) is 37.5 Å². The predicted molar refractivity (Wildman–Crippen MR) is 160 cm³/mol. The van der Waals surface area contributed by atoms with Gasteiger partial charge in [0, 0.05) is 4.88 Å². The predicted octanol–water partition coefficient (Wildman–Crippen LogP) is 4.80. The molecular formula is C30H25ClN2O7S2. The average Bonchev–Trinajstić information content (AvgIpc) is 3.60. The first-order valence-corrected chi connectivity index (χ1v) is 14.8. The van der Waals surface area contributed by atoms with Crippen LogP contribution in [0, 0.1) is 0 Å². The number of rotatable bonds is 9. The number of allylic oxidation sites excluding steroid dienone is 1. The van der Waals surface area contributed by atoms with Gasteiger partial charge in [0.2, 0.25) is 0 Å². The number of carboxylic acid groups (broad SMARTS) is 1. The van der Waals surface area contributed by atoms with Crippen molar-refractivity contribution in [2.45, 2.75) is 26.5 Å². The maximum atomic E-state index is 13.8. The molecule has 0 radical (unpaired) electrons. The van der Waals surface area contributed by atoms with E-state index in [1.165, 1.54) is 46.5 Å². The molecule has 0 amide bonds. The lowest BCUT2D eigenvalue weighted by Gasteiger charge is -2.23. The lowest BCUT2D eigenvalue weighted by Crippen LogP contribution is -2.39. The van der Waals surface area contributed by atoms with Gasteiger partial charge >= 0.3 is 11.9 Å². The van der Waals surface area contributed by atoms with E-state index in [2.05, 4.69) is 4.99 Å². The highest BCUT2D eigenvalue weighted by molar-refractivity contribution is 7.10. The van der Waals surface area contributed by atoms with Crippen LogP contribution < -0.4 is 24.4 Å². The number of thiazole rings is 1. The van der Waals surface area contributed by atoms with Gasteiger partial charge in [-0.05, 0) is 66.8 Å². The van der Waals surface area contributed by atoms with Gasteiger partial charge in [0.05, 0.1) is 40.1 Å². The molecule has 0 saturated heterocycles. The molecule has 2 aromatic heterocycles. The molecule has 216 valence electrons. The number of carbonyl (C=O) groups is 2. The number of hydrogen-bond acceptors (Lipinski definition) is 9. The molecule has 1 atom stereocenters. The minimum Gasteiger partial charge on any atom is -0.493 e. The van der Waals surface area contributed by atoms with Gasteiger partial charge in [0.1, 0.15) is 12.6 Å². The molecule has 0 fully saturated rings. The summed E-state index contributed by atoms with van der Waals surface area (Å²) in [6.07, 6.45) is 1.69. The van der Waals surface area contributed by atoms with Crippen LogP contribution in [-0.2, 0) is 16.1 Å². The maximum absolute atomic E-state index is 13.8. The fourth-order valence-electron chi connectivity index (χ4n) is 4.57. The van der Waals surface area contributed by atoms with Crippen LogP contribution in [0.25, 0.3) is 6.08 Å². The largest absolute Gasteiger partial charge is 0.493 e. The van der Waals surface area contributed by atoms with Gasteiger partial charge in [-0.25, -0.2) is 14.6 Å². The van der Waals surface area contributed by atoms with E-state index in [1.54, 1.807) is 44.2 Å². The van der Waals surface area contributed by atoms with Gasteiger partial charge in [-0.15, -0.1) is 11.3 Å². The monoisotopic (exact) mass is 624 g/mol. The first-order valence-electron chi connectivity index (χ1n) is 12.8. The Hall–Kier alpha value is -4.19. The number of ether oxygens (including phenoxy) is 3. The van der Waals surface area contributed by atoms with E-state index >= 15 is 0 Å². The highest BCUT2D eigenvalue weighted by atomic mass is 35.5. The summed E-state index contributed by atoms with van der Waals surface area (Å²) >= 11 is 9.24. The number of aromatic nitrogens is 1. The lowest BCUT2D eigenvalue weighted by atomic mass is 10.0. The Bertz CT molecular complexity index is 1890. The number of carboxylic acids is 1. The summed E-state index contributed by atoms with van der Waals surface area (Å²) in [6.45, 7) is 3.75. The quantitative estimate of drug-likeness (QED) is 0.266. The number of hydrogen-bond donors (Lipinski definition) is 1. The van der Waals surface area contributed by atoms with Crippen molar-refractivity contribution in [3.63, 3.8) is 0 Å². The fraction of sp³-hybridized carbons (Fsp3) is 0.200. The Morgan fingerprint density at radius 1 is 1.19 bits per heavy atom. The van der Waals surface area contributed by atoms with E-state index in [1.807, 2.05) is 17.5 Å². The molecule has 0 aliphatic carbocycles. The normalized spacial score (nSPS) is 14.8. The van der Waals surface area contributed by atoms with Crippen LogP contribution in [0.4, 0.5) is 0 Å². The van der Waals surface area contributed by atoms with E-state index < -0.39 is 18.0 Å². The molecule has 0 bridgehead atoms. The van der Waals surface area contributed by atoms with Crippen molar-refractivity contribution in [1.82, 2.24) is 4.57 Å². The number of aromatic carboxylic acids is 1. The summed E-state index contributed by atoms with van der Waals surface area (Å²) in [5.41, 5.74) is 1.92. The highest BCUT2D eigenvalue weighted by Gasteiger charge is 2.33. The summed E-state index contributed by atoms with van der Waals surface area (Å²) in [7, 11) is 1.47. The third kappa shape index (κ3) is 5.76. The Balaban J connectivity index is 1.52. The number of carbonyl (C=O) groups excluding carboxylic acids is 1. The minimum absolute atomic E-state index is 0.0695. The van der Waals surface area contributed by atoms with Crippen LogP contribution in [0.5, 0.6) is 11.5 Å². The zero-order valence-electron chi connectivity index (χ0n) is 22.8. The molecule has 0 unspecified atom stereocenters. The van der Waals surface area contributed by atoms with Gasteiger partial charge < -0.3 is 19.3 Å². The third-order valence-electron chi connectivity index (χ3n) is 6.44. The van der Waals surface area contributed by atoms with Crippen LogP contribution in [0.3, 0.4) is 0 Å².